The monoisotopic (exact) mass is 253 g/mol. The average Bonchev–Trinajstić information content (AvgIpc) is 2.96. The number of furan rings is 1. The summed E-state index contributed by atoms with van der Waals surface area (Å²) in [7, 11) is 0. The van der Waals surface area contributed by atoms with Gasteiger partial charge in [0.1, 0.15) is 5.76 Å². The smallest absolute Gasteiger partial charge is 0.277 e. The summed E-state index contributed by atoms with van der Waals surface area (Å²) in [6, 6.07) is 3.75. The molecule has 6 heteroatoms. The second-order valence-electron chi connectivity index (χ2n) is 3.71. The second kappa shape index (κ2) is 5.37. The largest absolute Gasteiger partial charge is 0.468 e. The van der Waals surface area contributed by atoms with Crippen LogP contribution in [0, 0.1) is 6.92 Å². The summed E-state index contributed by atoms with van der Waals surface area (Å²) in [6.07, 6.45) is 2.50. The van der Waals surface area contributed by atoms with E-state index in [4.69, 9.17) is 14.6 Å². The third kappa shape index (κ3) is 2.89. The van der Waals surface area contributed by atoms with E-state index in [2.05, 4.69) is 10.2 Å². The van der Waals surface area contributed by atoms with Crippen LogP contribution in [-0.4, -0.2) is 16.2 Å². The van der Waals surface area contributed by atoms with Gasteiger partial charge in [-0.25, -0.2) is 0 Å². The standard InChI is InChI=1S/C11H15N3O2S/c1-3-8(12)10(9-5-4-6-15-9)17-11-14-13-7(2)16-11/h4-6,8,10H,3,12H2,1-2H3. The van der Waals surface area contributed by atoms with Crippen molar-refractivity contribution in [2.75, 3.05) is 0 Å². The fourth-order valence-electron chi connectivity index (χ4n) is 1.46. The minimum Gasteiger partial charge on any atom is -0.468 e. The van der Waals surface area contributed by atoms with Crippen LogP contribution in [0.25, 0.3) is 0 Å². The van der Waals surface area contributed by atoms with Gasteiger partial charge < -0.3 is 14.6 Å². The molecule has 0 aliphatic rings. The molecule has 92 valence electrons. The van der Waals surface area contributed by atoms with Crippen molar-refractivity contribution in [3.05, 3.63) is 30.0 Å². The fraction of sp³-hybridized carbons (Fsp3) is 0.455. The first-order chi connectivity index (χ1) is 8.20. The van der Waals surface area contributed by atoms with E-state index in [1.165, 1.54) is 11.8 Å². The summed E-state index contributed by atoms with van der Waals surface area (Å²) < 4.78 is 10.8. The lowest BCUT2D eigenvalue weighted by atomic mass is 10.1. The molecule has 2 aromatic heterocycles. The molecule has 0 bridgehead atoms. The van der Waals surface area contributed by atoms with Crippen LogP contribution in [0.5, 0.6) is 0 Å². The van der Waals surface area contributed by atoms with Crippen LogP contribution in [0.1, 0.15) is 30.2 Å². The highest BCUT2D eigenvalue weighted by Crippen LogP contribution is 2.37. The Morgan fingerprint density at radius 2 is 2.29 bits per heavy atom. The van der Waals surface area contributed by atoms with Gasteiger partial charge in [0.2, 0.25) is 5.89 Å². The number of nitrogens with zero attached hydrogens (tertiary/aromatic N) is 2. The number of nitrogens with two attached hydrogens (primary N) is 1. The van der Waals surface area contributed by atoms with E-state index in [0.717, 1.165) is 12.2 Å². The Morgan fingerprint density at radius 3 is 2.82 bits per heavy atom. The van der Waals surface area contributed by atoms with Crippen LogP contribution in [0.2, 0.25) is 0 Å². The van der Waals surface area contributed by atoms with Gasteiger partial charge >= 0.3 is 0 Å². The average molecular weight is 253 g/mol. The van der Waals surface area contributed by atoms with Gasteiger partial charge in [0.25, 0.3) is 5.22 Å². The first kappa shape index (κ1) is 12.2. The number of thioether (sulfide) groups is 1. The highest BCUT2D eigenvalue weighted by molar-refractivity contribution is 7.99. The van der Waals surface area contributed by atoms with Gasteiger partial charge in [0.15, 0.2) is 0 Å². The molecular formula is C11H15N3O2S. The van der Waals surface area contributed by atoms with Crippen molar-refractivity contribution in [2.24, 2.45) is 5.73 Å². The Bertz CT molecular complexity index is 455. The zero-order valence-electron chi connectivity index (χ0n) is 9.79. The van der Waals surface area contributed by atoms with E-state index in [0.29, 0.717) is 11.1 Å². The molecule has 0 fully saturated rings. The lowest BCUT2D eigenvalue weighted by Crippen LogP contribution is -2.25. The van der Waals surface area contributed by atoms with Gasteiger partial charge in [0.05, 0.1) is 11.5 Å². The Balaban J connectivity index is 2.17. The SMILES string of the molecule is CCC(N)C(Sc1nnc(C)o1)c1ccco1. The second-order valence-corrected chi connectivity index (χ2v) is 4.81. The van der Waals surface area contributed by atoms with E-state index >= 15 is 0 Å². The Morgan fingerprint density at radius 1 is 1.47 bits per heavy atom. The third-order valence-corrected chi connectivity index (χ3v) is 3.62. The molecule has 2 rings (SSSR count). The number of hydrogen-bond donors (Lipinski definition) is 1. The van der Waals surface area contributed by atoms with Gasteiger partial charge in [-0.2, -0.15) is 0 Å². The molecule has 0 saturated heterocycles. The maximum absolute atomic E-state index is 6.09. The zero-order chi connectivity index (χ0) is 12.3. The minimum absolute atomic E-state index is 0.00477. The molecule has 0 aromatic carbocycles. The fourth-order valence-corrected chi connectivity index (χ4v) is 2.55. The molecule has 2 N–H and O–H groups in total. The topological polar surface area (TPSA) is 78.1 Å². The maximum Gasteiger partial charge on any atom is 0.277 e. The third-order valence-electron chi connectivity index (χ3n) is 2.42. The van der Waals surface area contributed by atoms with Crippen molar-refractivity contribution < 1.29 is 8.83 Å². The number of aryl methyl sites for hydroxylation is 1. The summed E-state index contributed by atoms with van der Waals surface area (Å²) in [5, 5.41) is 8.27. The first-order valence-electron chi connectivity index (χ1n) is 5.46. The summed E-state index contributed by atoms with van der Waals surface area (Å²) >= 11 is 1.44. The van der Waals surface area contributed by atoms with Crippen LogP contribution < -0.4 is 5.73 Å². The Hall–Kier alpha value is -1.27. The van der Waals surface area contributed by atoms with Crippen LogP contribution >= 0.6 is 11.8 Å². The van der Waals surface area contributed by atoms with Crippen molar-refractivity contribution in [1.82, 2.24) is 10.2 Å². The molecule has 17 heavy (non-hydrogen) atoms. The lowest BCUT2D eigenvalue weighted by molar-refractivity contribution is 0.423. The van der Waals surface area contributed by atoms with E-state index in [1.807, 2.05) is 19.1 Å². The van der Waals surface area contributed by atoms with E-state index in [-0.39, 0.29) is 11.3 Å². The van der Waals surface area contributed by atoms with E-state index in [9.17, 15) is 0 Å². The molecule has 2 atom stereocenters. The summed E-state index contributed by atoms with van der Waals surface area (Å²) in [4.78, 5) is 0. The van der Waals surface area contributed by atoms with Gasteiger partial charge in [0, 0.05) is 13.0 Å². The van der Waals surface area contributed by atoms with Crippen LogP contribution in [0.4, 0.5) is 0 Å². The molecule has 0 saturated carbocycles. The highest BCUT2D eigenvalue weighted by Gasteiger charge is 2.24. The predicted molar refractivity (Wildman–Crippen MR) is 64.6 cm³/mol. The van der Waals surface area contributed by atoms with Crippen LogP contribution in [-0.2, 0) is 0 Å². The molecular weight excluding hydrogens is 238 g/mol. The normalized spacial score (nSPS) is 14.8. The van der Waals surface area contributed by atoms with E-state index in [1.54, 1.807) is 13.2 Å². The summed E-state index contributed by atoms with van der Waals surface area (Å²) in [6.45, 7) is 3.80. The molecule has 2 aromatic rings. The van der Waals surface area contributed by atoms with Crippen molar-refractivity contribution in [1.29, 1.82) is 0 Å². The lowest BCUT2D eigenvalue weighted by Gasteiger charge is -2.18. The molecule has 0 amide bonds. The first-order valence-corrected chi connectivity index (χ1v) is 6.34. The molecule has 0 aliphatic heterocycles. The van der Waals surface area contributed by atoms with Gasteiger partial charge in [-0.3, -0.25) is 0 Å². The number of rotatable bonds is 5. The molecule has 0 spiro atoms. The molecule has 2 heterocycles. The van der Waals surface area contributed by atoms with Crippen molar-refractivity contribution in [3.8, 4) is 0 Å². The van der Waals surface area contributed by atoms with Gasteiger partial charge in [-0.05, 0) is 18.6 Å². The zero-order valence-corrected chi connectivity index (χ0v) is 10.6. The summed E-state index contributed by atoms with van der Waals surface area (Å²) in [5.41, 5.74) is 6.09. The maximum atomic E-state index is 6.09. The van der Waals surface area contributed by atoms with Crippen molar-refractivity contribution in [2.45, 2.75) is 36.8 Å². The molecule has 2 unspecified atom stereocenters. The highest BCUT2D eigenvalue weighted by atomic mass is 32.2. The Labute approximate surface area is 104 Å². The van der Waals surface area contributed by atoms with Crippen LogP contribution in [0.3, 0.4) is 0 Å². The Kier molecular flexibility index (Phi) is 3.86. The van der Waals surface area contributed by atoms with E-state index < -0.39 is 0 Å². The predicted octanol–water partition coefficient (Wildman–Crippen LogP) is 2.54. The molecule has 0 aliphatic carbocycles. The van der Waals surface area contributed by atoms with Crippen molar-refractivity contribution in [3.63, 3.8) is 0 Å². The van der Waals surface area contributed by atoms with Crippen molar-refractivity contribution >= 4 is 11.8 Å². The number of hydrogen-bond acceptors (Lipinski definition) is 6. The molecule has 0 radical (unpaired) electrons. The summed E-state index contributed by atoms with van der Waals surface area (Å²) in [5.74, 6) is 1.39. The minimum atomic E-state index is -0.0154. The van der Waals surface area contributed by atoms with Crippen LogP contribution in [0.15, 0.2) is 32.5 Å². The quantitative estimate of drug-likeness (QED) is 0.825. The van der Waals surface area contributed by atoms with Gasteiger partial charge in [-0.15, -0.1) is 10.2 Å². The molecule has 5 nitrogen and oxygen atoms in total. The van der Waals surface area contributed by atoms with Gasteiger partial charge in [-0.1, -0.05) is 18.7 Å². The number of aromatic nitrogens is 2.